The van der Waals surface area contributed by atoms with Gasteiger partial charge in [-0.05, 0) is 24.6 Å². The van der Waals surface area contributed by atoms with E-state index in [1.165, 1.54) is 0 Å². The number of aryl methyl sites for hydroxylation is 1. The van der Waals surface area contributed by atoms with Gasteiger partial charge in [-0.25, -0.2) is 0 Å². The number of hydrogen-bond donors (Lipinski definition) is 1. The second-order valence-corrected chi connectivity index (χ2v) is 8.17. The van der Waals surface area contributed by atoms with Gasteiger partial charge in [0.1, 0.15) is 6.10 Å². The topological polar surface area (TPSA) is 40.5 Å². The lowest BCUT2D eigenvalue weighted by Gasteiger charge is -2.20. The van der Waals surface area contributed by atoms with Crippen LogP contribution in [0.4, 0.5) is 0 Å². The molecule has 0 saturated heterocycles. The molecule has 0 spiro atoms. The SMILES string of the molecule is Cc1ccc(C(O)C[S+](=O)(c2ccccc2)N(C)C)cc1. The van der Waals surface area contributed by atoms with E-state index in [1.807, 2.05) is 61.5 Å². The van der Waals surface area contributed by atoms with E-state index in [0.29, 0.717) is 0 Å². The molecule has 2 aromatic carbocycles. The second kappa shape index (κ2) is 6.52. The zero-order valence-corrected chi connectivity index (χ0v) is 13.5. The number of hydrogen-bond acceptors (Lipinski definition) is 2. The minimum Gasteiger partial charge on any atom is -0.383 e. The summed E-state index contributed by atoms with van der Waals surface area (Å²) in [6, 6.07) is 17.0. The maximum atomic E-state index is 13.3. The molecule has 0 saturated carbocycles. The van der Waals surface area contributed by atoms with E-state index < -0.39 is 16.2 Å². The maximum Gasteiger partial charge on any atom is 0.193 e. The molecule has 0 radical (unpaired) electrons. The Labute approximate surface area is 127 Å². The van der Waals surface area contributed by atoms with Gasteiger partial charge in [0, 0.05) is 14.1 Å². The fraction of sp³-hybridized carbons (Fsp3) is 0.294. The Morgan fingerprint density at radius 2 is 1.62 bits per heavy atom. The third kappa shape index (κ3) is 3.59. The highest BCUT2D eigenvalue weighted by molar-refractivity contribution is 8.00. The highest BCUT2D eigenvalue weighted by Crippen LogP contribution is 2.27. The molecule has 21 heavy (non-hydrogen) atoms. The lowest BCUT2D eigenvalue weighted by atomic mass is 10.1. The van der Waals surface area contributed by atoms with Crippen molar-refractivity contribution in [3.63, 3.8) is 0 Å². The fourth-order valence-corrected chi connectivity index (χ4v) is 4.30. The Hall–Kier alpha value is -1.49. The van der Waals surface area contributed by atoms with Gasteiger partial charge in [0.25, 0.3) is 0 Å². The normalized spacial score (nSPS) is 15.7. The average Bonchev–Trinajstić information content (AvgIpc) is 2.48. The molecular formula is C17H22NO2S+. The standard InChI is InChI=1S/C17H22NO2S/c1-14-9-11-15(12-10-14)17(19)13-21(20,18(2)3)16-7-5-4-6-8-16/h4-12,17,19H,13H2,1-3H3/q+1. The first-order valence-corrected chi connectivity index (χ1v) is 8.61. The van der Waals surface area contributed by atoms with Crippen LogP contribution in [0.2, 0.25) is 0 Å². The number of aliphatic hydroxyl groups excluding tert-OH is 1. The van der Waals surface area contributed by atoms with Crippen molar-refractivity contribution in [3.05, 3.63) is 65.7 Å². The molecule has 0 heterocycles. The lowest BCUT2D eigenvalue weighted by Crippen LogP contribution is -2.35. The summed E-state index contributed by atoms with van der Waals surface area (Å²) in [5.74, 6) is 0.188. The van der Waals surface area contributed by atoms with E-state index in [-0.39, 0.29) is 5.75 Å². The summed E-state index contributed by atoms with van der Waals surface area (Å²) < 4.78 is 15.0. The van der Waals surface area contributed by atoms with Crippen LogP contribution in [-0.4, -0.2) is 29.3 Å². The molecule has 0 aliphatic rings. The second-order valence-electron chi connectivity index (χ2n) is 5.36. The summed E-state index contributed by atoms with van der Waals surface area (Å²) in [6.07, 6.45) is -0.749. The molecule has 0 aliphatic carbocycles. The van der Waals surface area contributed by atoms with E-state index in [9.17, 15) is 9.32 Å². The number of rotatable bonds is 5. The van der Waals surface area contributed by atoms with Gasteiger partial charge < -0.3 is 5.11 Å². The van der Waals surface area contributed by atoms with Crippen LogP contribution in [0.1, 0.15) is 17.2 Å². The fourth-order valence-electron chi connectivity index (χ4n) is 2.19. The average molecular weight is 304 g/mol. The van der Waals surface area contributed by atoms with Crippen molar-refractivity contribution >= 4 is 10.1 Å². The van der Waals surface area contributed by atoms with Gasteiger partial charge >= 0.3 is 0 Å². The molecule has 0 aliphatic heterocycles. The lowest BCUT2D eigenvalue weighted by molar-refractivity contribution is 0.200. The molecule has 0 aromatic heterocycles. The number of aliphatic hydroxyl groups is 1. The van der Waals surface area contributed by atoms with E-state index in [0.717, 1.165) is 16.0 Å². The highest BCUT2D eigenvalue weighted by atomic mass is 32.3. The van der Waals surface area contributed by atoms with Crippen LogP contribution >= 0.6 is 0 Å². The monoisotopic (exact) mass is 304 g/mol. The summed E-state index contributed by atoms with van der Waals surface area (Å²) in [5.41, 5.74) is 1.94. The summed E-state index contributed by atoms with van der Waals surface area (Å²) in [5, 5.41) is 10.5. The van der Waals surface area contributed by atoms with Crippen LogP contribution in [0.15, 0.2) is 59.5 Å². The van der Waals surface area contributed by atoms with Crippen LogP contribution in [0, 0.1) is 6.92 Å². The molecule has 2 unspecified atom stereocenters. The largest absolute Gasteiger partial charge is 0.383 e. The van der Waals surface area contributed by atoms with E-state index in [4.69, 9.17) is 0 Å². The Bertz CT molecular complexity index is 623. The zero-order chi connectivity index (χ0) is 15.5. The minimum atomic E-state index is -2.46. The quantitative estimate of drug-likeness (QED) is 0.863. The summed E-state index contributed by atoms with van der Waals surface area (Å²) in [7, 11) is 1.12. The molecule has 0 bridgehead atoms. The first kappa shape index (κ1) is 15.9. The predicted octanol–water partition coefficient (Wildman–Crippen LogP) is 3.06. The van der Waals surface area contributed by atoms with Crippen molar-refractivity contribution in [1.82, 2.24) is 4.31 Å². The zero-order valence-electron chi connectivity index (χ0n) is 12.7. The number of nitrogens with zero attached hydrogens (tertiary/aromatic N) is 1. The van der Waals surface area contributed by atoms with Gasteiger partial charge in [0.15, 0.2) is 20.8 Å². The molecule has 2 atom stereocenters. The van der Waals surface area contributed by atoms with Crippen LogP contribution in [-0.2, 0) is 14.3 Å². The van der Waals surface area contributed by atoms with Gasteiger partial charge in [0.2, 0.25) is 0 Å². The molecular weight excluding hydrogens is 282 g/mol. The van der Waals surface area contributed by atoms with Gasteiger partial charge in [-0.15, -0.1) is 4.31 Å². The van der Waals surface area contributed by atoms with Crippen LogP contribution in [0.5, 0.6) is 0 Å². The van der Waals surface area contributed by atoms with Crippen LogP contribution in [0.3, 0.4) is 0 Å². The van der Waals surface area contributed by atoms with E-state index in [2.05, 4.69) is 0 Å². The summed E-state index contributed by atoms with van der Waals surface area (Å²) >= 11 is 0. The molecule has 3 nitrogen and oxygen atoms in total. The third-order valence-electron chi connectivity index (χ3n) is 3.55. The Balaban J connectivity index is 2.28. The highest BCUT2D eigenvalue weighted by Gasteiger charge is 2.37. The van der Waals surface area contributed by atoms with Gasteiger partial charge in [0.05, 0.1) is 0 Å². The van der Waals surface area contributed by atoms with Crippen molar-refractivity contribution in [1.29, 1.82) is 0 Å². The van der Waals surface area contributed by atoms with Gasteiger partial charge in [-0.3, -0.25) is 0 Å². The van der Waals surface area contributed by atoms with Gasteiger partial charge in [-0.1, -0.05) is 52.2 Å². The maximum absolute atomic E-state index is 13.3. The summed E-state index contributed by atoms with van der Waals surface area (Å²) in [4.78, 5) is 0.751. The molecule has 4 heteroatoms. The van der Waals surface area contributed by atoms with Crippen molar-refractivity contribution in [2.24, 2.45) is 0 Å². The minimum absolute atomic E-state index is 0.188. The molecule has 112 valence electrons. The van der Waals surface area contributed by atoms with Gasteiger partial charge in [-0.2, -0.15) is 0 Å². The summed E-state index contributed by atoms with van der Waals surface area (Å²) in [6.45, 7) is 2.00. The van der Waals surface area contributed by atoms with Crippen molar-refractivity contribution in [2.45, 2.75) is 17.9 Å². The van der Waals surface area contributed by atoms with Crippen molar-refractivity contribution < 1.29 is 9.32 Å². The predicted molar refractivity (Wildman–Crippen MR) is 87.5 cm³/mol. The Morgan fingerprint density at radius 1 is 1.05 bits per heavy atom. The first-order valence-electron chi connectivity index (χ1n) is 6.92. The van der Waals surface area contributed by atoms with E-state index in [1.54, 1.807) is 18.4 Å². The van der Waals surface area contributed by atoms with Crippen molar-refractivity contribution in [3.8, 4) is 0 Å². The van der Waals surface area contributed by atoms with E-state index >= 15 is 0 Å². The van der Waals surface area contributed by atoms with Crippen LogP contribution in [0.25, 0.3) is 0 Å². The molecule has 1 N–H and O–H groups in total. The molecule has 0 fully saturated rings. The third-order valence-corrected chi connectivity index (χ3v) is 6.50. The Kier molecular flexibility index (Phi) is 4.93. The Morgan fingerprint density at radius 3 is 2.14 bits per heavy atom. The molecule has 2 aromatic rings. The van der Waals surface area contributed by atoms with Crippen LogP contribution < -0.4 is 0 Å². The molecule has 0 amide bonds. The number of benzene rings is 2. The molecule has 2 rings (SSSR count). The smallest absolute Gasteiger partial charge is 0.193 e. The first-order chi connectivity index (χ1) is 9.93. The van der Waals surface area contributed by atoms with Crippen molar-refractivity contribution in [2.75, 3.05) is 19.8 Å².